The summed E-state index contributed by atoms with van der Waals surface area (Å²) in [6.07, 6.45) is 44.3. The Morgan fingerprint density at radius 2 is 1.15 bits per heavy atom. The number of nitrogens with zero attached hydrogens (tertiary/aromatic N) is 1. The maximum atomic E-state index is 12.8. The van der Waals surface area contributed by atoms with Gasteiger partial charge < -0.3 is 28.8 Å². The average Bonchev–Trinajstić information content (AvgIpc) is 3.10. The van der Waals surface area contributed by atoms with Gasteiger partial charge in [-0.2, -0.15) is 0 Å². The SMILES string of the molecule is CC/C=C\C/C=C\C/C=C\CCCCCCCC(=O)NC(COP(=O)([O-])OCC[N+](C)(C)C)C(O)/C=C/CCCCCCCCCCCCCCCC. The molecule has 0 rings (SSSR count). The van der Waals surface area contributed by atoms with Crippen LogP contribution in [-0.4, -0.2) is 68.5 Å². The number of aliphatic hydroxyl groups excluding tert-OH is 1. The number of aliphatic hydroxyl groups is 1. The number of carbonyl (C=O) groups is 1. The molecule has 0 aliphatic heterocycles. The number of phosphoric ester groups is 1. The highest BCUT2D eigenvalue weighted by atomic mass is 31.2. The number of hydrogen-bond donors (Lipinski definition) is 2. The molecule has 9 heteroatoms. The summed E-state index contributed by atoms with van der Waals surface area (Å²) in [5.74, 6) is -0.217. The minimum Gasteiger partial charge on any atom is -0.756 e. The molecular formula is C44H83N2O6P. The Bertz CT molecular complexity index is 1010. The first-order chi connectivity index (χ1) is 25.5. The Labute approximate surface area is 327 Å². The van der Waals surface area contributed by atoms with Crippen LogP contribution in [0.5, 0.6) is 0 Å². The quantitative estimate of drug-likeness (QED) is 0.0280. The molecular weight excluding hydrogens is 683 g/mol. The molecule has 0 fully saturated rings. The largest absolute Gasteiger partial charge is 0.756 e. The molecule has 1 amide bonds. The predicted molar refractivity (Wildman–Crippen MR) is 224 cm³/mol. The van der Waals surface area contributed by atoms with Crippen molar-refractivity contribution in [3.8, 4) is 0 Å². The zero-order valence-corrected chi connectivity index (χ0v) is 35.8. The molecule has 0 saturated heterocycles. The van der Waals surface area contributed by atoms with Gasteiger partial charge in [0.15, 0.2) is 0 Å². The van der Waals surface area contributed by atoms with Gasteiger partial charge in [0, 0.05) is 6.42 Å². The van der Waals surface area contributed by atoms with Crippen LogP contribution in [0.4, 0.5) is 0 Å². The van der Waals surface area contributed by atoms with Crippen LogP contribution in [0.2, 0.25) is 0 Å². The molecule has 3 unspecified atom stereocenters. The first kappa shape index (κ1) is 51.5. The van der Waals surface area contributed by atoms with E-state index in [1.165, 1.54) is 77.0 Å². The van der Waals surface area contributed by atoms with Crippen molar-refractivity contribution in [1.82, 2.24) is 5.32 Å². The van der Waals surface area contributed by atoms with Gasteiger partial charge in [-0.15, -0.1) is 0 Å². The van der Waals surface area contributed by atoms with Gasteiger partial charge in [-0.1, -0.05) is 165 Å². The fourth-order valence-electron chi connectivity index (χ4n) is 5.87. The molecule has 0 aliphatic rings. The second-order valence-corrected chi connectivity index (χ2v) is 17.1. The number of allylic oxidation sites excluding steroid dienone is 7. The van der Waals surface area contributed by atoms with Crippen LogP contribution in [0.3, 0.4) is 0 Å². The van der Waals surface area contributed by atoms with Crippen LogP contribution >= 0.6 is 7.82 Å². The lowest BCUT2D eigenvalue weighted by Gasteiger charge is -2.29. The maximum Gasteiger partial charge on any atom is 0.268 e. The van der Waals surface area contributed by atoms with Crippen molar-refractivity contribution in [1.29, 1.82) is 0 Å². The Morgan fingerprint density at radius 3 is 1.68 bits per heavy atom. The molecule has 0 bridgehead atoms. The number of amides is 1. The molecule has 53 heavy (non-hydrogen) atoms. The van der Waals surface area contributed by atoms with Gasteiger partial charge in [0.05, 0.1) is 39.9 Å². The van der Waals surface area contributed by atoms with E-state index in [0.29, 0.717) is 17.4 Å². The van der Waals surface area contributed by atoms with E-state index >= 15 is 0 Å². The summed E-state index contributed by atoms with van der Waals surface area (Å²) in [5.41, 5.74) is 0. The van der Waals surface area contributed by atoms with Crippen molar-refractivity contribution in [2.45, 2.75) is 187 Å². The highest BCUT2D eigenvalue weighted by Gasteiger charge is 2.23. The molecule has 0 aromatic heterocycles. The highest BCUT2D eigenvalue weighted by Crippen LogP contribution is 2.38. The summed E-state index contributed by atoms with van der Waals surface area (Å²) in [6, 6.07) is -0.895. The number of carbonyl (C=O) groups excluding carboxylic acids is 1. The third-order valence-electron chi connectivity index (χ3n) is 9.29. The van der Waals surface area contributed by atoms with Crippen molar-refractivity contribution in [3.05, 3.63) is 48.6 Å². The Kier molecular flexibility index (Phi) is 35.1. The van der Waals surface area contributed by atoms with Gasteiger partial charge in [-0.3, -0.25) is 9.36 Å². The van der Waals surface area contributed by atoms with Gasteiger partial charge in [-0.05, 0) is 51.4 Å². The third-order valence-corrected chi connectivity index (χ3v) is 10.3. The molecule has 0 spiro atoms. The molecule has 0 aliphatic carbocycles. The van der Waals surface area contributed by atoms with Crippen molar-refractivity contribution in [2.75, 3.05) is 40.9 Å². The number of quaternary nitrogens is 1. The van der Waals surface area contributed by atoms with Gasteiger partial charge in [-0.25, -0.2) is 0 Å². The van der Waals surface area contributed by atoms with Crippen molar-refractivity contribution in [3.63, 3.8) is 0 Å². The minimum atomic E-state index is -4.59. The zero-order valence-electron chi connectivity index (χ0n) is 35.0. The van der Waals surface area contributed by atoms with Crippen LogP contribution in [0, 0.1) is 0 Å². The number of hydrogen-bond acceptors (Lipinski definition) is 6. The number of phosphoric acid groups is 1. The zero-order chi connectivity index (χ0) is 39.3. The fourth-order valence-corrected chi connectivity index (χ4v) is 6.59. The highest BCUT2D eigenvalue weighted by molar-refractivity contribution is 7.45. The molecule has 0 aromatic rings. The summed E-state index contributed by atoms with van der Waals surface area (Å²) in [6.45, 7) is 4.51. The van der Waals surface area contributed by atoms with E-state index in [1.54, 1.807) is 6.08 Å². The van der Waals surface area contributed by atoms with Crippen molar-refractivity contribution in [2.24, 2.45) is 0 Å². The first-order valence-corrected chi connectivity index (χ1v) is 23.0. The fraction of sp³-hybridized carbons (Fsp3) is 0.795. The van der Waals surface area contributed by atoms with E-state index in [-0.39, 0.29) is 19.1 Å². The summed E-state index contributed by atoms with van der Waals surface area (Å²) >= 11 is 0. The molecule has 0 radical (unpaired) electrons. The van der Waals surface area contributed by atoms with Gasteiger partial charge in [0.2, 0.25) is 5.91 Å². The van der Waals surface area contributed by atoms with Crippen LogP contribution in [0.1, 0.15) is 174 Å². The molecule has 8 nitrogen and oxygen atoms in total. The molecule has 2 N–H and O–H groups in total. The second kappa shape index (κ2) is 36.1. The third kappa shape index (κ3) is 38.5. The Hall–Kier alpha value is -1.54. The normalized spacial score (nSPS) is 14.9. The number of rotatable bonds is 38. The van der Waals surface area contributed by atoms with E-state index in [0.717, 1.165) is 77.0 Å². The monoisotopic (exact) mass is 767 g/mol. The van der Waals surface area contributed by atoms with E-state index < -0.39 is 20.0 Å². The topological polar surface area (TPSA) is 108 Å². The molecule has 0 heterocycles. The maximum absolute atomic E-state index is 12.8. The number of unbranched alkanes of at least 4 members (excludes halogenated alkanes) is 19. The van der Waals surface area contributed by atoms with E-state index in [1.807, 2.05) is 27.2 Å². The van der Waals surface area contributed by atoms with Crippen LogP contribution in [0.15, 0.2) is 48.6 Å². The smallest absolute Gasteiger partial charge is 0.268 e. The van der Waals surface area contributed by atoms with E-state index in [2.05, 4.69) is 55.6 Å². The van der Waals surface area contributed by atoms with Crippen LogP contribution in [0.25, 0.3) is 0 Å². The van der Waals surface area contributed by atoms with E-state index in [4.69, 9.17) is 9.05 Å². The average molecular weight is 767 g/mol. The minimum absolute atomic E-state index is 0.00617. The van der Waals surface area contributed by atoms with E-state index in [9.17, 15) is 19.4 Å². The Morgan fingerprint density at radius 1 is 0.679 bits per heavy atom. The molecule has 0 saturated carbocycles. The summed E-state index contributed by atoms with van der Waals surface area (Å²) in [7, 11) is 1.24. The number of likely N-dealkylation sites (N-methyl/N-ethyl adjacent to an activating group) is 1. The standard InChI is InChI=1S/C44H83N2O6P/c1-6-8-10-12-14-16-18-20-22-24-25-27-29-31-33-35-37-43(47)42(41-52-53(49,50)51-40-39-46(3,4)5)45-44(48)38-36-34-32-30-28-26-23-21-19-17-15-13-11-9-7-2/h9,11,15,17,21,23,35,37,42-43,47H,6-8,10,12-14,16,18-20,22,24-34,36,38-41H2,1-5H3,(H-,45,48,49,50)/b11-9-,17-15-,23-21-,37-35+. The molecule has 0 aromatic carbocycles. The molecule has 3 atom stereocenters. The van der Waals surface area contributed by atoms with Gasteiger partial charge >= 0.3 is 0 Å². The van der Waals surface area contributed by atoms with Gasteiger partial charge in [0.1, 0.15) is 13.2 Å². The van der Waals surface area contributed by atoms with Crippen molar-refractivity contribution < 1.29 is 32.9 Å². The number of nitrogens with one attached hydrogen (secondary N) is 1. The molecule has 310 valence electrons. The van der Waals surface area contributed by atoms with Crippen LogP contribution in [-0.2, 0) is 18.4 Å². The predicted octanol–water partition coefficient (Wildman–Crippen LogP) is 11.1. The Balaban J connectivity index is 4.49. The van der Waals surface area contributed by atoms with Crippen molar-refractivity contribution >= 4 is 13.7 Å². The second-order valence-electron chi connectivity index (χ2n) is 15.7. The van der Waals surface area contributed by atoms with Crippen LogP contribution < -0.4 is 10.2 Å². The lowest BCUT2D eigenvalue weighted by Crippen LogP contribution is -2.45. The summed E-state index contributed by atoms with van der Waals surface area (Å²) < 4.78 is 23.2. The first-order valence-electron chi connectivity index (χ1n) is 21.5. The summed E-state index contributed by atoms with van der Waals surface area (Å²) in [5, 5.41) is 13.7. The summed E-state index contributed by atoms with van der Waals surface area (Å²) in [4.78, 5) is 25.3. The van der Waals surface area contributed by atoms with Gasteiger partial charge in [0.25, 0.3) is 7.82 Å². The lowest BCUT2D eigenvalue weighted by atomic mass is 10.0. The lowest BCUT2D eigenvalue weighted by molar-refractivity contribution is -0.870.